The van der Waals surface area contributed by atoms with Gasteiger partial charge >= 0.3 is 13.8 Å². The van der Waals surface area contributed by atoms with Gasteiger partial charge in [-0.3, -0.25) is 9.05 Å². The van der Waals surface area contributed by atoms with E-state index in [0.29, 0.717) is 6.42 Å². The molecule has 0 aromatic rings. The molecule has 21 heavy (non-hydrogen) atoms. The molecule has 122 valence electrons. The van der Waals surface area contributed by atoms with E-state index in [1.165, 1.54) is 7.11 Å². The lowest BCUT2D eigenvalue weighted by Gasteiger charge is -2.36. The van der Waals surface area contributed by atoms with Crippen molar-refractivity contribution in [1.29, 1.82) is 0 Å². The van der Waals surface area contributed by atoms with Crippen LogP contribution < -0.4 is 0 Å². The van der Waals surface area contributed by atoms with Crippen molar-refractivity contribution in [3.8, 4) is 0 Å². The number of phosphoric acid groups is 1. The number of esters is 1. The van der Waals surface area contributed by atoms with Crippen molar-refractivity contribution < 1.29 is 32.4 Å². The molecule has 7 nitrogen and oxygen atoms in total. The lowest BCUT2D eigenvalue weighted by molar-refractivity contribution is -0.176. The third kappa shape index (κ3) is 4.22. The van der Waals surface area contributed by atoms with Crippen molar-refractivity contribution in [3.63, 3.8) is 0 Å². The van der Waals surface area contributed by atoms with Crippen LogP contribution in [-0.4, -0.2) is 31.9 Å². The minimum absolute atomic E-state index is 0.0498. The normalized spacial score (nSPS) is 25.8. The van der Waals surface area contributed by atoms with Crippen LogP contribution in [0.15, 0.2) is 12.0 Å². The highest BCUT2D eigenvalue weighted by Crippen LogP contribution is 2.52. The molecule has 0 unspecified atom stereocenters. The number of hydrogen-bond acceptors (Lipinski definition) is 7. The van der Waals surface area contributed by atoms with Crippen molar-refractivity contribution in [1.82, 2.24) is 0 Å². The van der Waals surface area contributed by atoms with Gasteiger partial charge < -0.3 is 14.0 Å². The minimum Gasteiger partial charge on any atom is -0.466 e. The minimum atomic E-state index is -3.75. The zero-order chi connectivity index (χ0) is 16.1. The molecule has 0 fully saturated rings. The van der Waals surface area contributed by atoms with Gasteiger partial charge in [-0.15, -0.1) is 0 Å². The number of allylic oxidation sites excluding steroid dienone is 1. The topological polar surface area (TPSA) is 80.3 Å². The Labute approximate surface area is 125 Å². The summed E-state index contributed by atoms with van der Waals surface area (Å²) in [5.74, 6) is -0.686. The van der Waals surface area contributed by atoms with E-state index in [-0.39, 0.29) is 25.1 Å². The van der Waals surface area contributed by atoms with Crippen molar-refractivity contribution in [2.75, 3.05) is 20.3 Å². The average Bonchev–Trinajstić information content (AvgIpc) is 2.42. The van der Waals surface area contributed by atoms with Crippen molar-refractivity contribution >= 4 is 13.8 Å². The van der Waals surface area contributed by atoms with E-state index in [1.807, 2.05) is 6.92 Å². The SMILES string of the molecule is CCOP(=O)(OCC)OC1=CC[C@@H](C)[C@](C)(C(=O)OC)O1. The summed E-state index contributed by atoms with van der Waals surface area (Å²) in [7, 11) is -2.46. The van der Waals surface area contributed by atoms with Gasteiger partial charge in [-0.05, 0) is 33.3 Å². The number of carbonyl (C=O) groups is 1. The van der Waals surface area contributed by atoms with E-state index in [0.717, 1.165) is 0 Å². The Bertz CT molecular complexity index is 438. The molecule has 0 N–H and O–H groups in total. The first-order chi connectivity index (χ1) is 9.81. The lowest BCUT2D eigenvalue weighted by atomic mass is 9.86. The molecule has 0 radical (unpaired) electrons. The standard InChI is InChI=1S/C13H23O7P/c1-6-17-21(15,18-7-2)20-11-9-8-10(3)13(4,19-11)12(14)16-5/h9-10H,6-8H2,1-5H3/t10-,13-/m1/s1. The number of methoxy groups -OCH3 is 1. The van der Waals surface area contributed by atoms with E-state index in [4.69, 9.17) is 23.0 Å². The summed E-state index contributed by atoms with van der Waals surface area (Å²) in [6.07, 6.45) is 2.12. The van der Waals surface area contributed by atoms with Gasteiger partial charge in [0.25, 0.3) is 5.95 Å². The quantitative estimate of drug-likeness (QED) is 0.526. The smallest absolute Gasteiger partial charge is 0.466 e. The molecule has 0 saturated carbocycles. The molecule has 1 aliphatic heterocycles. The summed E-state index contributed by atoms with van der Waals surface area (Å²) >= 11 is 0. The van der Waals surface area contributed by atoms with E-state index in [2.05, 4.69) is 0 Å². The van der Waals surface area contributed by atoms with Gasteiger partial charge in [0.1, 0.15) is 0 Å². The average molecular weight is 322 g/mol. The highest BCUT2D eigenvalue weighted by molar-refractivity contribution is 7.48. The summed E-state index contributed by atoms with van der Waals surface area (Å²) < 4.78 is 37.9. The Morgan fingerprint density at radius 1 is 1.43 bits per heavy atom. The Kier molecular flexibility index (Phi) is 6.25. The number of hydrogen-bond donors (Lipinski definition) is 0. The number of rotatable bonds is 7. The summed E-state index contributed by atoms with van der Waals surface area (Å²) in [5.41, 5.74) is -1.21. The van der Waals surface area contributed by atoms with Crippen LogP contribution in [0.3, 0.4) is 0 Å². The molecule has 0 saturated heterocycles. The largest absolute Gasteiger partial charge is 0.532 e. The predicted molar refractivity (Wildman–Crippen MR) is 75.3 cm³/mol. The maximum absolute atomic E-state index is 12.3. The third-order valence-electron chi connectivity index (χ3n) is 3.26. The Balaban J connectivity index is 2.90. The van der Waals surface area contributed by atoms with E-state index in [9.17, 15) is 9.36 Å². The molecule has 1 rings (SSSR count). The highest BCUT2D eigenvalue weighted by Gasteiger charge is 2.46. The molecule has 0 bridgehead atoms. The van der Waals surface area contributed by atoms with Gasteiger partial charge in [-0.25, -0.2) is 9.36 Å². The van der Waals surface area contributed by atoms with E-state index in [1.54, 1.807) is 26.8 Å². The molecule has 0 amide bonds. The Hall–Kier alpha value is -1.04. The molecule has 1 heterocycles. The Morgan fingerprint density at radius 2 is 2.00 bits per heavy atom. The zero-order valence-corrected chi connectivity index (χ0v) is 14.0. The highest BCUT2D eigenvalue weighted by atomic mass is 31.2. The second-order valence-electron chi connectivity index (χ2n) is 4.73. The van der Waals surface area contributed by atoms with Crippen LogP contribution in [0.4, 0.5) is 0 Å². The molecular weight excluding hydrogens is 299 g/mol. The van der Waals surface area contributed by atoms with Gasteiger partial charge in [0.15, 0.2) is 0 Å². The number of ether oxygens (including phenoxy) is 2. The monoisotopic (exact) mass is 322 g/mol. The Morgan fingerprint density at radius 3 is 2.48 bits per heavy atom. The van der Waals surface area contributed by atoms with Gasteiger partial charge in [0.2, 0.25) is 5.60 Å². The molecule has 1 aliphatic rings. The summed E-state index contributed by atoms with van der Waals surface area (Å²) in [6.45, 7) is 7.13. The molecule has 0 aliphatic carbocycles. The summed E-state index contributed by atoms with van der Waals surface area (Å²) in [4.78, 5) is 11.9. The lowest BCUT2D eigenvalue weighted by Crippen LogP contribution is -2.47. The second-order valence-corrected chi connectivity index (χ2v) is 6.33. The maximum atomic E-state index is 12.3. The van der Waals surface area contributed by atoms with Crippen LogP contribution in [0, 0.1) is 5.92 Å². The first-order valence-electron chi connectivity index (χ1n) is 6.87. The van der Waals surface area contributed by atoms with Crippen molar-refractivity contribution in [2.45, 2.75) is 39.7 Å². The number of phosphoric ester groups is 1. The molecule has 0 aromatic heterocycles. The fourth-order valence-electron chi connectivity index (χ4n) is 1.87. The number of carbonyl (C=O) groups excluding carboxylic acids is 1. The maximum Gasteiger partial charge on any atom is 0.532 e. The fourth-order valence-corrected chi connectivity index (χ4v) is 3.01. The van der Waals surface area contributed by atoms with Gasteiger partial charge in [0, 0.05) is 5.92 Å². The predicted octanol–water partition coefficient (Wildman–Crippen LogP) is 3.01. The first kappa shape index (κ1) is 18.0. The van der Waals surface area contributed by atoms with Crippen LogP contribution >= 0.6 is 7.82 Å². The molecular formula is C13H23O7P. The van der Waals surface area contributed by atoms with Crippen LogP contribution in [-0.2, 0) is 32.4 Å². The van der Waals surface area contributed by atoms with Crippen LogP contribution in [0.1, 0.15) is 34.1 Å². The van der Waals surface area contributed by atoms with Crippen LogP contribution in [0.5, 0.6) is 0 Å². The zero-order valence-electron chi connectivity index (χ0n) is 13.1. The van der Waals surface area contributed by atoms with Crippen LogP contribution in [0.2, 0.25) is 0 Å². The van der Waals surface area contributed by atoms with Crippen molar-refractivity contribution in [3.05, 3.63) is 12.0 Å². The molecule has 2 atom stereocenters. The summed E-state index contributed by atoms with van der Waals surface area (Å²) in [6, 6.07) is 0. The van der Waals surface area contributed by atoms with Crippen molar-refractivity contribution in [2.24, 2.45) is 5.92 Å². The molecule has 0 aromatic carbocycles. The van der Waals surface area contributed by atoms with Gasteiger partial charge in [-0.1, -0.05) is 6.92 Å². The third-order valence-corrected chi connectivity index (χ3v) is 4.81. The van der Waals surface area contributed by atoms with Gasteiger partial charge in [0.05, 0.1) is 20.3 Å². The van der Waals surface area contributed by atoms with E-state index >= 15 is 0 Å². The second kappa shape index (κ2) is 7.29. The van der Waals surface area contributed by atoms with Crippen LogP contribution in [0.25, 0.3) is 0 Å². The molecule has 0 spiro atoms. The van der Waals surface area contributed by atoms with E-state index < -0.39 is 19.4 Å². The summed E-state index contributed by atoms with van der Waals surface area (Å²) in [5, 5.41) is 0. The fraction of sp³-hybridized carbons (Fsp3) is 0.769. The molecule has 8 heteroatoms. The first-order valence-corrected chi connectivity index (χ1v) is 8.33. The van der Waals surface area contributed by atoms with Gasteiger partial charge in [-0.2, -0.15) is 0 Å².